The standard InChI is InChI=1S/C23H30N2O2/c1-5-21(23(27)24-17(2)3)25(16-20-13-11-18(4)12-14-20)22(26)15-19-9-7-6-8-10-19/h6-14,17,21H,5,15-16H2,1-4H3,(H,24,27)/t21-/m0/s1. The second kappa shape index (κ2) is 9.91. The van der Waals surface area contributed by atoms with E-state index in [1.165, 1.54) is 5.56 Å². The van der Waals surface area contributed by atoms with E-state index >= 15 is 0 Å². The van der Waals surface area contributed by atoms with Gasteiger partial charge in [-0.1, -0.05) is 67.1 Å². The highest BCUT2D eigenvalue weighted by Crippen LogP contribution is 2.15. The van der Waals surface area contributed by atoms with Gasteiger partial charge in [0.05, 0.1) is 6.42 Å². The third kappa shape index (κ3) is 6.24. The fourth-order valence-corrected chi connectivity index (χ4v) is 3.06. The fraction of sp³-hybridized carbons (Fsp3) is 0.391. The smallest absolute Gasteiger partial charge is 0.243 e. The van der Waals surface area contributed by atoms with Crippen LogP contribution >= 0.6 is 0 Å². The Morgan fingerprint density at radius 2 is 1.59 bits per heavy atom. The summed E-state index contributed by atoms with van der Waals surface area (Å²) in [4.78, 5) is 27.6. The molecule has 27 heavy (non-hydrogen) atoms. The lowest BCUT2D eigenvalue weighted by atomic mass is 10.1. The molecule has 0 spiro atoms. The predicted octanol–water partition coefficient (Wildman–Crippen LogP) is 3.87. The first-order chi connectivity index (χ1) is 12.9. The summed E-state index contributed by atoms with van der Waals surface area (Å²) in [6.07, 6.45) is 0.864. The normalized spacial score (nSPS) is 11.9. The Morgan fingerprint density at radius 3 is 2.15 bits per heavy atom. The van der Waals surface area contributed by atoms with Crippen LogP contribution in [0.5, 0.6) is 0 Å². The van der Waals surface area contributed by atoms with Crippen LogP contribution in [0, 0.1) is 6.92 Å². The molecule has 2 aromatic carbocycles. The van der Waals surface area contributed by atoms with E-state index in [2.05, 4.69) is 5.32 Å². The second-order valence-corrected chi connectivity index (χ2v) is 7.26. The fourth-order valence-electron chi connectivity index (χ4n) is 3.06. The zero-order valence-electron chi connectivity index (χ0n) is 16.7. The van der Waals surface area contributed by atoms with Crippen molar-refractivity contribution >= 4 is 11.8 Å². The molecule has 0 saturated heterocycles. The predicted molar refractivity (Wildman–Crippen MR) is 109 cm³/mol. The van der Waals surface area contributed by atoms with Crippen molar-refractivity contribution in [2.75, 3.05) is 0 Å². The van der Waals surface area contributed by atoms with E-state index in [9.17, 15) is 9.59 Å². The van der Waals surface area contributed by atoms with Crippen molar-refractivity contribution < 1.29 is 9.59 Å². The van der Waals surface area contributed by atoms with Crippen LogP contribution in [-0.4, -0.2) is 28.8 Å². The number of nitrogens with one attached hydrogen (secondary N) is 1. The Bertz CT molecular complexity index is 739. The Hall–Kier alpha value is -2.62. The molecule has 0 unspecified atom stereocenters. The number of hydrogen-bond donors (Lipinski definition) is 1. The minimum Gasteiger partial charge on any atom is -0.352 e. The lowest BCUT2D eigenvalue weighted by Crippen LogP contribution is -2.50. The van der Waals surface area contributed by atoms with Gasteiger partial charge in [-0.15, -0.1) is 0 Å². The number of aryl methyl sites for hydroxylation is 1. The molecule has 144 valence electrons. The molecule has 2 aromatic rings. The summed E-state index contributed by atoms with van der Waals surface area (Å²) in [5.41, 5.74) is 3.15. The molecule has 0 aliphatic carbocycles. The highest BCUT2D eigenvalue weighted by molar-refractivity contribution is 5.88. The van der Waals surface area contributed by atoms with Crippen LogP contribution in [0.2, 0.25) is 0 Å². The molecule has 1 N–H and O–H groups in total. The number of rotatable bonds is 8. The van der Waals surface area contributed by atoms with Crippen molar-refractivity contribution in [3.05, 3.63) is 71.3 Å². The van der Waals surface area contributed by atoms with E-state index in [1.54, 1.807) is 4.90 Å². The van der Waals surface area contributed by atoms with Crippen molar-refractivity contribution in [1.82, 2.24) is 10.2 Å². The zero-order chi connectivity index (χ0) is 19.8. The van der Waals surface area contributed by atoms with Crippen LogP contribution in [0.3, 0.4) is 0 Å². The average Bonchev–Trinajstić information content (AvgIpc) is 2.63. The van der Waals surface area contributed by atoms with Gasteiger partial charge in [0, 0.05) is 12.6 Å². The zero-order valence-corrected chi connectivity index (χ0v) is 16.7. The Labute approximate surface area is 162 Å². The van der Waals surface area contributed by atoms with Crippen LogP contribution in [0.1, 0.15) is 43.9 Å². The summed E-state index contributed by atoms with van der Waals surface area (Å²) >= 11 is 0. The van der Waals surface area contributed by atoms with E-state index in [4.69, 9.17) is 0 Å². The van der Waals surface area contributed by atoms with E-state index in [1.807, 2.05) is 82.3 Å². The van der Waals surface area contributed by atoms with Crippen LogP contribution in [0.15, 0.2) is 54.6 Å². The molecule has 1 atom stereocenters. The van der Waals surface area contributed by atoms with Crippen molar-refractivity contribution in [1.29, 1.82) is 0 Å². The molecule has 4 nitrogen and oxygen atoms in total. The number of carbonyl (C=O) groups is 2. The summed E-state index contributed by atoms with van der Waals surface area (Å²) in [5.74, 6) is -0.131. The molecule has 0 aliphatic rings. The Balaban J connectivity index is 2.26. The molecule has 0 saturated carbocycles. The molecule has 0 heterocycles. The monoisotopic (exact) mass is 366 g/mol. The van der Waals surface area contributed by atoms with Gasteiger partial charge in [-0.3, -0.25) is 9.59 Å². The van der Waals surface area contributed by atoms with Gasteiger partial charge in [0.25, 0.3) is 0 Å². The maximum atomic E-state index is 13.1. The summed E-state index contributed by atoms with van der Waals surface area (Å²) in [5, 5.41) is 2.96. The van der Waals surface area contributed by atoms with Gasteiger partial charge in [-0.05, 0) is 38.3 Å². The van der Waals surface area contributed by atoms with Gasteiger partial charge in [-0.25, -0.2) is 0 Å². The maximum absolute atomic E-state index is 13.1. The van der Waals surface area contributed by atoms with Gasteiger partial charge in [0.15, 0.2) is 0 Å². The van der Waals surface area contributed by atoms with Crippen molar-refractivity contribution in [3.63, 3.8) is 0 Å². The minimum atomic E-state index is -0.482. The van der Waals surface area contributed by atoms with Crippen molar-refractivity contribution in [2.24, 2.45) is 0 Å². The quantitative estimate of drug-likeness (QED) is 0.771. The van der Waals surface area contributed by atoms with Crippen LogP contribution < -0.4 is 5.32 Å². The van der Waals surface area contributed by atoms with Gasteiger partial charge < -0.3 is 10.2 Å². The summed E-state index contributed by atoms with van der Waals surface area (Å²) in [6.45, 7) is 8.27. The molecule has 0 radical (unpaired) electrons. The highest BCUT2D eigenvalue weighted by Gasteiger charge is 2.28. The van der Waals surface area contributed by atoms with Gasteiger partial charge in [-0.2, -0.15) is 0 Å². The lowest BCUT2D eigenvalue weighted by molar-refractivity contribution is -0.141. The molecule has 2 amide bonds. The molecular weight excluding hydrogens is 336 g/mol. The average molecular weight is 367 g/mol. The Morgan fingerprint density at radius 1 is 0.963 bits per heavy atom. The van der Waals surface area contributed by atoms with Crippen LogP contribution in [-0.2, 0) is 22.6 Å². The number of benzene rings is 2. The number of nitrogens with zero attached hydrogens (tertiary/aromatic N) is 1. The first-order valence-corrected chi connectivity index (χ1v) is 9.60. The SMILES string of the molecule is CC[C@@H](C(=O)NC(C)C)N(Cc1ccc(C)cc1)C(=O)Cc1ccccc1. The lowest BCUT2D eigenvalue weighted by Gasteiger charge is -2.31. The number of amides is 2. The third-order valence-corrected chi connectivity index (χ3v) is 4.49. The largest absolute Gasteiger partial charge is 0.352 e. The topological polar surface area (TPSA) is 49.4 Å². The maximum Gasteiger partial charge on any atom is 0.243 e. The Kier molecular flexibility index (Phi) is 7.59. The van der Waals surface area contributed by atoms with Gasteiger partial charge >= 0.3 is 0 Å². The molecule has 0 bridgehead atoms. The van der Waals surface area contributed by atoms with Gasteiger partial charge in [0.2, 0.25) is 11.8 Å². The second-order valence-electron chi connectivity index (χ2n) is 7.26. The first kappa shape index (κ1) is 20.7. The number of hydrogen-bond acceptors (Lipinski definition) is 2. The van der Waals surface area contributed by atoms with Crippen molar-refractivity contribution in [3.8, 4) is 0 Å². The molecule has 4 heteroatoms. The summed E-state index contributed by atoms with van der Waals surface area (Å²) < 4.78 is 0. The van der Waals surface area contributed by atoms with Crippen molar-refractivity contribution in [2.45, 2.75) is 59.2 Å². The molecular formula is C23H30N2O2. The first-order valence-electron chi connectivity index (χ1n) is 9.60. The summed E-state index contributed by atoms with van der Waals surface area (Å²) in [7, 11) is 0. The van der Waals surface area contributed by atoms with Gasteiger partial charge in [0.1, 0.15) is 6.04 Å². The molecule has 0 aliphatic heterocycles. The highest BCUT2D eigenvalue weighted by atomic mass is 16.2. The third-order valence-electron chi connectivity index (χ3n) is 4.49. The van der Waals surface area contributed by atoms with Crippen LogP contribution in [0.4, 0.5) is 0 Å². The summed E-state index contributed by atoms with van der Waals surface area (Å²) in [6, 6.07) is 17.3. The molecule has 0 aromatic heterocycles. The van der Waals surface area contributed by atoms with E-state index in [0.717, 1.165) is 11.1 Å². The molecule has 0 fully saturated rings. The van der Waals surface area contributed by atoms with E-state index < -0.39 is 6.04 Å². The van der Waals surface area contributed by atoms with E-state index in [0.29, 0.717) is 13.0 Å². The number of carbonyl (C=O) groups excluding carboxylic acids is 2. The van der Waals surface area contributed by atoms with Crippen LogP contribution in [0.25, 0.3) is 0 Å². The van der Waals surface area contributed by atoms with E-state index in [-0.39, 0.29) is 24.3 Å². The minimum absolute atomic E-state index is 0.0347. The molecule has 2 rings (SSSR count).